The molecule has 0 aromatic carbocycles. The lowest BCUT2D eigenvalue weighted by Crippen LogP contribution is -2.57. The zero-order valence-corrected chi connectivity index (χ0v) is 22.8. The van der Waals surface area contributed by atoms with Gasteiger partial charge in [-0.3, -0.25) is 25.2 Å². The van der Waals surface area contributed by atoms with Gasteiger partial charge < -0.3 is 25.4 Å². The van der Waals surface area contributed by atoms with Gasteiger partial charge in [0.2, 0.25) is 17.8 Å². The van der Waals surface area contributed by atoms with Crippen molar-refractivity contribution in [3.8, 4) is 0 Å². The minimum atomic E-state index is -0.760. The Morgan fingerprint density at radius 1 is 1.03 bits per heavy atom. The van der Waals surface area contributed by atoms with Gasteiger partial charge >= 0.3 is 12.2 Å². The lowest BCUT2D eigenvalue weighted by Gasteiger charge is -2.35. The molecule has 0 aromatic heterocycles. The molecule has 3 atom stereocenters. The van der Waals surface area contributed by atoms with Crippen LogP contribution < -0.4 is 21.7 Å². The molecule has 4 amide bonds. The Hall–Kier alpha value is -2.54. The molecule has 36 heavy (non-hydrogen) atoms. The third-order valence-electron chi connectivity index (χ3n) is 5.08. The van der Waals surface area contributed by atoms with Crippen molar-refractivity contribution in [1.82, 2.24) is 20.9 Å². The van der Waals surface area contributed by atoms with Crippen molar-refractivity contribution in [1.29, 1.82) is 0 Å². The zero-order chi connectivity index (χ0) is 27.1. The molecule has 0 radical (unpaired) electrons. The smallest absolute Gasteiger partial charge is 0.414 e. The molecule has 0 aromatic rings. The molecule has 2 rings (SSSR count). The lowest BCUT2D eigenvalue weighted by molar-refractivity contribution is -0.142. The van der Waals surface area contributed by atoms with Gasteiger partial charge in [0.25, 0.3) is 0 Å². The first-order valence-corrected chi connectivity index (χ1v) is 13.2. The normalized spacial score (nSPS) is 21.8. The van der Waals surface area contributed by atoms with Crippen molar-refractivity contribution in [2.45, 2.75) is 95.9 Å². The van der Waals surface area contributed by atoms with E-state index in [-0.39, 0.29) is 29.7 Å². The van der Waals surface area contributed by atoms with Crippen LogP contribution in [0.2, 0.25) is 0 Å². The van der Waals surface area contributed by atoms with Crippen molar-refractivity contribution < 1.29 is 28.7 Å². The largest absolute Gasteiger partial charge is 0.444 e. The number of ether oxygens (including phenoxy) is 2. The quantitative estimate of drug-likeness (QED) is 0.230. The highest BCUT2D eigenvalue weighted by atomic mass is 32.2. The minimum absolute atomic E-state index is 0.0238. The maximum atomic E-state index is 12.7. The molecule has 0 bridgehead atoms. The molecule has 204 valence electrons. The Labute approximate surface area is 216 Å². The summed E-state index contributed by atoms with van der Waals surface area (Å²) in [5.74, 6) is 0.134. The SMILES string of the molecule is CC(C)(C)OC(=O)NC(=NCCCCNC(=O)[C@@H]1CS[C@H]2CC[C@H](N)C(=O)N21)NC(=O)OC(C)(C)C. The maximum Gasteiger partial charge on any atom is 0.414 e. The first-order chi connectivity index (χ1) is 16.7. The van der Waals surface area contributed by atoms with Crippen LogP contribution in [0.1, 0.15) is 67.2 Å². The van der Waals surface area contributed by atoms with Gasteiger partial charge in [0, 0.05) is 18.8 Å². The number of rotatable bonds is 6. The second-order valence-electron chi connectivity index (χ2n) is 10.7. The number of nitrogens with two attached hydrogens (primary N) is 1. The highest BCUT2D eigenvalue weighted by Gasteiger charge is 2.45. The number of piperidine rings is 1. The summed E-state index contributed by atoms with van der Waals surface area (Å²) in [4.78, 5) is 55.2. The van der Waals surface area contributed by atoms with Gasteiger partial charge in [0.1, 0.15) is 17.2 Å². The van der Waals surface area contributed by atoms with Crippen LogP contribution >= 0.6 is 11.8 Å². The molecule has 2 aliphatic rings. The number of alkyl carbamates (subject to hydrolysis) is 2. The molecule has 2 fully saturated rings. The molecular weight excluding hydrogens is 488 g/mol. The molecular formula is C23H40N6O6S. The topological polar surface area (TPSA) is 164 Å². The summed E-state index contributed by atoms with van der Waals surface area (Å²) in [5.41, 5.74) is 4.44. The van der Waals surface area contributed by atoms with Gasteiger partial charge in [0.05, 0.1) is 11.4 Å². The Kier molecular flexibility index (Phi) is 10.4. The van der Waals surface area contributed by atoms with Crippen LogP contribution in [0.15, 0.2) is 4.99 Å². The minimum Gasteiger partial charge on any atom is -0.444 e. The van der Waals surface area contributed by atoms with E-state index < -0.39 is 35.5 Å². The Morgan fingerprint density at radius 2 is 1.61 bits per heavy atom. The fourth-order valence-corrected chi connectivity index (χ4v) is 5.02. The van der Waals surface area contributed by atoms with Gasteiger partial charge in [-0.15, -0.1) is 11.8 Å². The Bertz CT molecular complexity index is 821. The molecule has 0 unspecified atom stereocenters. The zero-order valence-electron chi connectivity index (χ0n) is 22.0. The number of hydrogen-bond donors (Lipinski definition) is 4. The number of unbranched alkanes of at least 4 members (excludes halogenated alkanes) is 1. The van der Waals surface area contributed by atoms with E-state index in [0.717, 1.165) is 6.42 Å². The lowest BCUT2D eigenvalue weighted by atomic mass is 10.0. The molecule has 0 saturated carbocycles. The number of nitrogens with one attached hydrogen (secondary N) is 3. The number of carbonyl (C=O) groups is 4. The molecule has 13 heteroatoms. The van der Waals surface area contributed by atoms with Gasteiger partial charge in [-0.25, -0.2) is 9.59 Å². The molecule has 0 spiro atoms. The first-order valence-electron chi connectivity index (χ1n) is 12.2. The number of guanidine groups is 1. The van der Waals surface area contributed by atoms with E-state index in [1.807, 2.05) is 0 Å². The Morgan fingerprint density at radius 3 is 2.17 bits per heavy atom. The van der Waals surface area contributed by atoms with Gasteiger partial charge in [-0.2, -0.15) is 0 Å². The molecule has 2 saturated heterocycles. The highest BCUT2D eigenvalue weighted by Crippen LogP contribution is 2.36. The summed E-state index contributed by atoms with van der Waals surface area (Å²) < 4.78 is 10.4. The molecule has 5 N–H and O–H groups in total. The van der Waals surface area contributed by atoms with Crippen LogP contribution in [0.5, 0.6) is 0 Å². The molecule has 2 aliphatic heterocycles. The predicted molar refractivity (Wildman–Crippen MR) is 137 cm³/mol. The second-order valence-corrected chi connectivity index (χ2v) is 11.9. The summed E-state index contributed by atoms with van der Waals surface area (Å²) >= 11 is 1.62. The third kappa shape index (κ3) is 9.84. The number of fused-ring (bicyclic) bond motifs is 1. The Balaban J connectivity index is 1.82. The molecule has 2 heterocycles. The number of nitrogens with zero attached hydrogens (tertiary/aromatic N) is 2. The highest BCUT2D eigenvalue weighted by molar-refractivity contribution is 8.00. The third-order valence-corrected chi connectivity index (χ3v) is 6.44. The fourth-order valence-electron chi connectivity index (χ4n) is 3.59. The maximum absolute atomic E-state index is 12.7. The summed E-state index contributed by atoms with van der Waals surface area (Å²) in [6.45, 7) is 11.0. The first kappa shape index (κ1) is 29.7. The number of hydrogen-bond acceptors (Lipinski definition) is 9. The second kappa shape index (κ2) is 12.6. The predicted octanol–water partition coefficient (Wildman–Crippen LogP) is 1.68. The number of carbonyl (C=O) groups excluding carboxylic acids is 4. The summed E-state index contributed by atoms with van der Waals surface area (Å²) in [6.07, 6.45) is 1.11. The van der Waals surface area contributed by atoms with Crippen molar-refractivity contribution in [2.75, 3.05) is 18.8 Å². The van der Waals surface area contributed by atoms with E-state index >= 15 is 0 Å². The summed E-state index contributed by atoms with van der Waals surface area (Å²) in [6, 6.07) is -1.04. The number of thioether (sulfide) groups is 1. The van der Waals surface area contributed by atoms with E-state index in [2.05, 4.69) is 20.9 Å². The van der Waals surface area contributed by atoms with Gasteiger partial charge in [-0.1, -0.05) is 0 Å². The van der Waals surface area contributed by atoms with E-state index in [0.29, 0.717) is 31.6 Å². The van der Waals surface area contributed by atoms with Crippen LogP contribution in [-0.4, -0.2) is 82.4 Å². The van der Waals surface area contributed by atoms with Crippen molar-refractivity contribution >= 4 is 41.7 Å². The van der Waals surface area contributed by atoms with Gasteiger partial charge in [0.15, 0.2) is 0 Å². The number of amides is 4. The monoisotopic (exact) mass is 528 g/mol. The number of aliphatic imine (C=N–C) groups is 1. The molecule has 12 nitrogen and oxygen atoms in total. The summed E-state index contributed by atoms with van der Waals surface area (Å²) in [5, 5.41) is 7.76. The van der Waals surface area contributed by atoms with Crippen molar-refractivity contribution in [2.24, 2.45) is 10.7 Å². The van der Waals surface area contributed by atoms with E-state index in [1.165, 1.54) is 0 Å². The van der Waals surface area contributed by atoms with E-state index in [4.69, 9.17) is 15.2 Å². The van der Waals surface area contributed by atoms with Crippen LogP contribution in [-0.2, 0) is 19.1 Å². The van der Waals surface area contributed by atoms with Crippen molar-refractivity contribution in [3.63, 3.8) is 0 Å². The van der Waals surface area contributed by atoms with Crippen LogP contribution in [0, 0.1) is 0 Å². The van der Waals surface area contributed by atoms with E-state index in [1.54, 1.807) is 58.2 Å². The average Bonchev–Trinajstić information content (AvgIpc) is 3.15. The summed E-state index contributed by atoms with van der Waals surface area (Å²) in [7, 11) is 0. The van der Waals surface area contributed by atoms with Crippen molar-refractivity contribution in [3.05, 3.63) is 0 Å². The standard InChI is InChI=1S/C23H40N6O6S/c1-22(2,3)34-20(32)27-19(28-21(33)35-23(4,5)6)26-12-8-7-11-25-17(30)15-13-36-16-10-9-14(24)18(31)29(15)16/h14-16H,7-13,24H2,1-6H3,(H,25,30)(H2,26,27,28,32,33)/t14-,15-,16-/m0/s1. The van der Waals surface area contributed by atoms with Gasteiger partial charge in [-0.05, 0) is 67.2 Å². The van der Waals surface area contributed by atoms with Crippen LogP contribution in [0.25, 0.3) is 0 Å². The van der Waals surface area contributed by atoms with Crippen LogP contribution in [0.3, 0.4) is 0 Å². The van der Waals surface area contributed by atoms with Crippen LogP contribution in [0.4, 0.5) is 9.59 Å². The fraction of sp³-hybridized carbons (Fsp3) is 0.783. The average molecular weight is 529 g/mol. The van der Waals surface area contributed by atoms with E-state index in [9.17, 15) is 19.2 Å². The molecule has 0 aliphatic carbocycles.